The Bertz CT molecular complexity index is 534. The smallest absolute Gasteiger partial charge is 0.330 e. The van der Waals surface area contributed by atoms with Crippen LogP contribution in [0.5, 0.6) is 0 Å². The first kappa shape index (κ1) is 14.2. The molecule has 0 N–H and O–H groups in total. The summed E-state index contributed by atoms with van der Waals surface area (Å²) in [5.74, 6) is -0.323. The van der Waals surface area contributed by atoms with E-state index in [-0.39, 0.29) is 18.1 Å². The Morgan fingerprint density at radius 3 is 3.05 bits per heavy atom. The maximum Gasteiger partial charge on any atom is 0.330 e. The van der Waals surface area contributed by atoms with E-state index in [1.54, 1.807) is 17.9 Å². The van der Waals surface area contributed by atoms with Crippen molar-refractivity contribution in [3.05, 3.63) is 27.9 Å². The van der Waals surface area contributed by atoms with Crippen LogP contribution in [0.15, 0.2) is 12.3 Å². The molecule has 2 heterocycles. The summed E-state index contributed by atoms with van der Waals surface area (Å²) in [4.78, 5) is 28.2. The second-order valence-corrected chi connectivity index (χ2v) is 4.36. The van der Waals surface area contributed by atoms with Crippen molar-refractivity contribution in [1.82, 2.24) is 4.98 Å². The maximum absolute atomic E-state index is 11.8. The molecule has 1 aliphatic heterocycles. The quantitative estimate of drug-likeness (QED) is 0.456. The van der Waals surface area contributed by atoms with Gasteiger partial charge in [-0.05, 0) is 13.0 Å². The van der Waals surface area contributed by atoms with Gasteiger partial charge < -0.3 is 14.4 Å². The van der Waals surface area contributed by atoms with Gasteiger partial charge in [0.2, 0.25) is 5.82 Å². The van der Waals surface area contributed by atoms with Crippen molar-refractivity contribution >= 4 is 17.5 Å². The number of aromatic nitrogens is 1. The Morgan fingerprint density at radius 2 is 2.40 bits per heavy atom. The van der Waals surface area contributed by atoms with Crippen LogP contribution >= 0.6 is 0 Å². The van der Waals surface area contributed by atoms with E-state index in [0.717, 1.165) is 0 Å². The van der Waals surface area contributed by atoms with Crippen LogP contribution in [0.25, 0.3) is 0 Å². The fourth-order valence-electron chi connectivity index (χ4n) is 2.16. The van der Waals surface area contributed by atoms with Crippen molar-refractivity contribution in [2.45, 2.75) is 13.0 Å². The first-order valence-electron chi connectivity index (χ1n) is 6.08. The summed E-state index contributed by atoms with van der Waals surface area (Å²) in [5.41, 5.74) is 0.401. The fraction of sp³-hybridized carbons (Fsp3) is 0.500. The van der Waals surface area contributed by atoms with Gasteiger partial charge in [0.05, 0.1) is 25.2 Å². The van der Waals surface area contributed by atoms with Crippen molar-refractivity contribution in [3.63, 3.8) is 0 Å². The average Bonchev–Trinajstić information content (AvgIpc) is 2.45. The number of anilines is 1. The van der Waals surface area contributed by atoms with E-state index < -0.39 is 16.9 Å². The Hall–Kier alpha value is -2.22. The number of aryl methyl sites for hydroxylation is 1. The lowest BCUT2D eigenvalue weighted by molar-refractivity contribution is -0.385. The molecule has 20 heavy (non-hydrogen) atoms. The van der Waals surface area contributed by atoms with Gasteiger partial charge >= 0.3 is 11.7 Å². The van der Waals surface area contributed by atoms with Crippen LogP contribution in [0.1, 0.15) is 5.56 Å². The molecule has 8 nitrogen and oxygen atoms in total. The molecule has 108 valence electrons. The number of hydrogen-bond donors (Lipinski definition) is 0. The first-order chi connectivity index (χ1) is 9.56. The predicted octanol–water partition coefficient (Wildman–Crippen LogP) is 0.676. The van der Waals surface area contributed by atoms with E-state index in [0.29, 0.717) is 18.7 Å². The second kappa shape index (κ2) is 5.83. The zero-order chi connectivity index (χ0) is 14.7. The standard InChI is InChI=1S/C12H15N3O5/c1-8-3-4-13-11(10(8)15(17)18)14-5-6-20-7-9(14)12(16)19-2/h3-4,9H,5-7H2,1-2H3. The van der Waals surface area contributed by atoms with Crippen LogP contribution in [-0.2, 0) is 14.3 Å². The monoisotopic (exact) mass is 281 g/mol. The number of ether oxygens (including phenoxy) is 2. The molecule has 1 saturated heterocycles. The Morgan fingerprint density at radius 1 is 1.65 bits per heavy atom. The molecule has 1 fully saturated rings. The van der Waals surface area contributed by atoms with Crippen molar-refractivity contribution in [2.75, 3.05) is 31.8 Å². The summed E-state index contributed by atoms with van der Waals surface area (Å²) in [6, 6.07) is 0.844. The molecule has 0 amide bonds. The van der Waals surface area contributed by atoms with Gasteiger partial charge in [0.15, 0.2) is 6.04 Å². The largest absolute Gasteiger partial charge is 0.467 e. The van der Waals surface area contributed by atoms with Crippen LogP contribution in [0.3, 0.4) is 0 Å². The lowest BCUT2D eigenvalue weighted by atomic mass is 10.2. The third-order valence-corrected chi connectivity index (χ3v) is 3.16. The molecule has 0 aromatic carbocycles. The van der Waals surface area contributed by atoms with Crippen LogP contribution in [0.4, 0.5) is 11.5 Å². The van der Waals surface area contributed by atoms with Crippen LogP contribution < -0.4 is 4.90 Å². The summed E-state index contributed by atoms with van der Waals surface area (Å²) in [6.07, 6.45) is 1.49. The molecular weight excluding hydrogens is 266 g/mol. The molecule has 0 bridgehead atoms. The summed E-state index contributed by atoms with van der Waals surface area (Å²) in [6.45, 7) is 2.48. The molecular formula is C12H15N3O5. The zero-order valence-corrected chi connectivity index (χ0v) is 11.2. The Kier molecular flexibility index (Phi) is 4.14. The number of hydrogen-bond acceptors (Lipinski definition) is 7. The Balaban J connectivity index is 2.45. The average molecular weight is 281 g/mol. The molecule has 2 rings (SSSR count). The highest BCUT2D eigenvalue weighted by Crippen LogP contribution is 2.31. The van der Waals surface area contributed by atoms with Crippen LogP contribution in [0.2, 0.25) is 0 Å². The molecule has 0 saturated carbocycles. The van der Waals surface area contributed by atoms with E-state index in [4.69, 9.17) is 9.47 Å². The normalized spacial score (nSPS) is 18.7. The minimum absolute atomic E-state index is 0.0942. The van der Waals surface area contributed by atoms with Gasteiger partial charge in [0, 0.05) is 18.3 Å². The number of carbonyl (C=O) groups excluding carboxylic acids is 1. The fourth-order valence-corrected chi connectivity index (χ4v) is 2.16. The predicted molar refractivity (Wildman–Crippen MR) is 69.6 cm³/mol. The van der Waals surface area contributed by atoms with Gasteiger partial charge in [-0.1, -0.05) is 0 Å². The number of rotatable bonds is 3. The topological polar surface area (TPSA) is 94.8 Å². The molecule has 0 spiro atoms. The Labute approximate surface area is 115 Å². The van der Waals surface area contributed by atoms with Crippen molar-refractivity contribution in [1.29, 1.82) is 0 Å². The van der Waals surface area contributed by atoms with Crippen LogP contribution in [0, 0.1) is 17.0 Å². The minimum Gasteiger partial charge on any atom is -0.467 e. The van der Waals surface area contributed by atoms with Crippen molar-refractivity contribution in [3.8, 4) is 0 Å². The van der Waals surface area contributed by atoms with Crippen molar-refractivity contribution < 1.29 is 19.2 Å². The summed E-state index contributed by atoms with van der Waals surface area (Å²) in [5, 5.41) is 11.2. The van der Waals surface area contributed by atoms with E-state index >= 15 is 0 Å². The van der Waals surface area contributed by atoms with E-state index in [1.807, 2.05) is 0 Å². The van der Waals surface area contributed by atoms with Gasteiger partial charge in [-0.2, -0.15) is 0 Å². The molecule has 1 unspecified atom stereocenters. The highest BCUT2D eigenvalue weighted by Gasteiger charge is 2.35. The number of pyridine rings is 1. The molecule has 1 aromatic rings. The third kappa shape index (κ3) is 2.55. The molecule has 1 aromatic heterocycles. The SMILES string of the molecule is COC(=O)C1COCCN1c1nccc(C)c1[N+](=O)[O-]. The first-order valence-corrected chi connectivity index (χ1v) is 6.08. The summed E-state index contributed by atoms with van der Waals surface area (Å²) >= 11 is 0. The zero-order valence-electron chi connectivity index (χ0n) is 11.2. The lowest BCUT2D eigenvalue weighted by Crippen LogP contribution is -2.51. The number of nitrogens with zero attached hydrogens (tertiary/aromatic N) is 3. The summed E-state index contributed by atoms with van der Waals surface area (Å²) < 4.78 is 9.96. The highest BCUT2D eigenvalue weighted by atomic mass is 16.6. The number of carbonyl (C=O) groups is 1. The van der Waals surface area contributed by atoms with E-state index in [2.05, 4.69) is 4.98 Å². The lowest BCUT2D eigenvalue weighted by Gasteiger charge is -2.34. The number of morpholine rings is 1. The van der Waals surface area contributed by atoms with Gasteiger partial charge in [-0.25, -0.2) is 9.78 Å². The third-order valence-electron chi connectivity index (χ3n) is 3.16. The van der Waals surface area contributed by atoms with Gasteiger partial charge in [0.25, 0.3) is 0 Å². The molecule has 0 aliphatic carbocycles. The molecule has 0 radical (unpaired) electrons. The van der Waals surface area contributed by atoms with Gasteiger partial charge in [-0.3, -0.25) is 10.1 Å². The summed E-state index contributed by atoms with van der Waals surface area (Å²) in [7, 11) is 1.27. The molecule has 8 heteroatoms. The van der Waals surface area contributed by atoms with Gasteiger partial charge in [0.1, 0.15) is 0 Å². The second-order valence-electron chi connectivity index (χ2n) is 4.36. The molecule has 1 atom stereocenters. The number of esters is 1. The maximum atomic E-state index is 11.8. The molecule has 1 aliphatic rings. The van der Waals surface area contributed by atoms with Crippen molar-refractivity contribution in [2.24, 2.45) is 0 Å². The van der Waals surface area contributed by atoms with Crippen LogP contribution in [-0.4, -0.2) is 48.8 Å². The number of nitro groups is 1. The van der Waals surface area contributed by atoms with E-state index in [1.165, 1.54) is 13.3 Å². The van der Waals surface area contributed by atoms with Gasteiger partial charge in [-0.15, -0.1) is 0 Å². The highest BCUT2D eigenvalue weighted by molar-refractivity contribution is 5.81. The number of methoxy groups -OCH3 is 1. The van der Waals surface area contributed by atoms with E-state index in [9.17, 15) is 14.9 Å². The minimum atomic E-state index is -0.721.